The van der Waals surface area contributed by atoms with Gasteiger partial charge in [0.2, 0.25) is 0 Å². The predicted molar refractivity (Wildman–Crippen MR) is 43.7 cm³/mol. The highest BCUT2D eigenvalue weighted by molar-refractivity contribution is 5.67. The van der Waals surface area contributed by atoms with E-state index in [1.54, 1.807) is 4.90 Å². The van der Waals surface area contributed by atoms with Crippen LogP contribution < -0.4 is 0 Å². The molecule has 0 saturated heterocycles. The first-order chi connectivity index (χ1) is 5.84. The van der Waals surface area contributed by atoms with E-state index in [1.807, 2.05) is 6.08 Å². The van der Waals surface area contributed by atoms with E-state index in [9.17, 15) is 4.79 Å². The van der Waals surface area contributed by atoms with Gasteiger partial charge >= 0.3 is 6.09 Å². The van der Waals surface area contributed by atoms with E-state index in [-0.39, 0.29) is 12.9 Å². The summed E-state index contributed by atoms with van der Waals surface area (Å²) in [6.07, 6.45) is 4.61. The molecule has 0 spiro atoms. The molecule has 4 heteroatoms. The van der Waals surface area contributed by atoms with Gasteiger partial charge in [-0.1, -0.05) is 12.2 Å². The molecule has 0 unspecified atom stereocenters. The number of rotatable bonds is 2. The van der Waals surface area contributed by atoms with Crippen molar-refractivity contribution in [2.24, 2.45) is 0 Å². The summed E-state index contributed by atoms with van der Waals surface area (Å²) in [4.78, 5) is 12.8. The topological polar surface area (TPSA) is 38.8 Å². The molecule has 0 radical (unpaired) electrons. The van der Waals surface area contributed by atoms with Gasteiger partial charge < -0.3 is 14.4 Å². The van der Waals surface area contributed by atoms with Crippen molar-refractivity contribution in [1.82, 2.24) is 4.90 Å². The van der Waals surface area contributed by atoms with Crippen LogP contribution in [-0.2, 0) is 9.47 Å². The minimum atomic E-state index is -0.304. The van der Waals surface area contributed by atoms with E-state index in [0.717, 1.165) is 13.0 Å². The Labute approximate surface area is 71.7 Å². The fourth-order valence-corrected chi connectivity index (χ4v) is 1.01. The van der Waals surface area contributed by atoms with Crippen LogP contribution in [0.25, 0.3) is 0 Å². The Morgan fingerprint density at radius 2 is 2.42 bits per heavy atom. The molecular weight excluding hydrogens is 158 g/mol. The molecule has 1 amide bonds. The highest BCUT2D eigenvalue weighted by Gasteiger charge is 2.14. The maximum atomic E-state index is 11.1. The third-order valence-electron chi connectivity index (χ3n) is 1.62. The number of amides is 1. The summed E-state index contributed by atoms with van der Waals surface area (Å²) < 4.78 is 9.38. The van der Waals surface area contributed by atoms with Crippen LogP contribution >= 0.6 is 0 Å². The fraction of sp³-hybridized carbons (Fsp3) is 0.625. The van der Waals surface area contributed by atoms with Crippen molar-refractivity contribution in [3.63, 3.8) is 0 Å². The van der Waals surface area contributed by atoms with Crippen molar-refractivity contribution in [1.29, 1.82) is 0 Å². The second kappa shape index (κ2) is 4.77. The van der Waals surface area contributed by atoms with Gasteiger partial charge in [-0.3, -0.25) is 0 Å². The summed E-state index contributed by atoms with van der Waals surface area (Å²) >= 11 is 0. The van der Waals surface area contributed by atoms with Crippen LogP contribution in [0.4, 0.5) is 4.79 Å². The molecule has 0 aliphatic carbocycles. The summed E-state index contributed by atoms with van der Waals surface area (Å²) in [6.45, 7) is 1.40. The Bertz CT molecular complexity index is 179. The van der Waals surface area contributed by atoms with Crippen LogP contribution in [0.3, 0.4) is 0 Å². The lowest BCUT2D eigenvalue weighted by Crippen LogP contribution is -2.34. The summed E-state index contributed by atoms with van der Waals surface area (Å²) in [6, 6.07) is 0. The third kappa shape index (κ3) is 2.54. The SMILES string of the molecule is COCOC(=O)N1CC=CCC1. The Hall–Kier alpha value is -1.03. The number of hydrogen-bond acceptors (Lipinski definition) is 3. The molecule has 68 valence electrons. The number of nitrogens with zero attached hydrogens (tertiary/aromatic N) is 1. The summed E-state index contributed by atoms with van der Waals surface area (Å²) in [7, 11) is 1.49. The Morgan fingerprint density at radius 3 is 3.00 bits per heavy atom. The lowest BCUT2D eigenvalue weighted by molar-refractivity contribution is -0.00338. The first kappa shape index (κ1) is 9.06. The first-order valence-electron chi connectivity index (χ1n) is 3.90. The Morgan fingerprint density at radius 1 is 1.58 bits per heavy atom. The van der Waals surface area contributed by atoms with Crippen LogP contribution in [0.1, 0.15) is 6.42 Å². The molecule has 4 nitrogen and oxygen atoms in total. The molecule has 0 aromatic carbocycles. The van der Waals surface area contributed by atoms with Crippen LogP contribution in [-0.4, -0.2) is 38.0 Å². The van der Waals surface area contributed by atoms with Crippen LogP contribution in [0.2, 0.25) is 0 Å². The average molecular weight is 171 g/mol. The zero-order chi connectivity index (χ0) is 8.81. The quantitative estimate of drug-likeness (QED) is 0.459. The number of ether oxygens (including phenoxy) is 2. The van der Waals surface area contributed by atoms with Crippen molar-refractivity contribution in [3.8, 4) is 0 Å². The van der Waals surface area contributed by atoms with Crippen LogP contribution in [0.5, 0.6) is 0 Å². The van der Waals surface area contributed by atoms with Gasteiger partial charge in [-0.2, -0.15) is 0 Å². The van der Waals surface area contributed by atoms with Crippen LogP contribution in [0.15, 0.2) is 12.2 Å². The molecule has 0 bridgehead atoms. The van der Waals surface area contributed by atoms with Crippen molar-refractivity contribution in [2.75, 3.05) is 27.0 Å². The summed E-state index contributed by atoms with van der Waals surface area (Å²) in [5.41, 5.74) is 0. The number of carbonyl (C=O) groups is 1. The van der Waals surface area contributed by atoms with Crippen molar-refractivity contribution in [3.05, 3.63) is 12.2 Å². The van der Waals surface area contributed by atoms with Gasteiger partial charge in [0.05, 0.1) is 0 Å². The molecule has 0 N–H and O–H groups in total. The summed E-state index contributed by atoms with van der Waals surface area (Å²) in [5.74, 6) is 0. The highest BCUT2D eigenvalue weighted by Crippen LogP contribution is 2.02. The summed E-state index contributed by atoms with van der Waals surface area (Å²) in [5, 5.41) is 0. The van der Waals surface area contributed by atoms with E-state index < -0.39 is 0 Å². The van der Waals surface area contributed by atoms with E-state index in [2.05, 4.69) is 10.8 Å². The lowest BCUT2D eigenvalue weighted by Gasteiger charge is -2.22. The van der Waals surface area contributed by atoms with E-state index >= 15 is 0 Å². The largest absolute Gasteiger partial charge is 0.422 e. The van der Waals surface area contributed by atoms with Gasteiger partial charge in [-0.25, -0.2) is 4.79 Å². The molecule has 0 aromatic heterocycles. The first-order valence-corrected chi connectivity index (χ1v) is 3.90. The second-order valence-corrected chi connectivity index (χ2v) is 2.52. The zero-order valence-corrected chi connectivity index (χ0v) is 7.16. The Kier molecular flexibility index (Phi) is 3.60. The van der Waals surface area contributed by atoms with Crippen LogP contribution in [0, 0.1) is 0 Å². The fourth-order valence-electron chi connectivity index (χ4n) is 1.01. The molecule has 1 rings (SSSR count). The number of methoxy groups -OCH3 is 1. The number of hydrogen-bond donors (Lipinski definition) is 0. The molecule has 0 aromatic rings. The average Bonchev–Trinajstić information content (AvgIpc) is 2.15. The monoisotopic (exact) mass is 171 g/mol. The second-order valence-electron chi connectivity index (χ2n) is 2.52. The molecule has 1 heterocycles. The molecular formula is C8H13NO3. The van der Waals surface area contributed by atoms with Gasteiger partial charge in [0.15, 0.2) is 6.79 Å². The molecule has 1 aliphatic rings. The normalized spacial score (nSPS) is 16.2. The maximum absolute atomic E-state index is 11.1. The van der Waals surface area contributed by atoms with Gasteiger partial charge in [0, 0.05) is 20.2 Å². The molecule has 0 fully saturated rings. The molecule has 1 aliphatic heterocycles. The molecule has 12 heavy (non-hydrogen) atoms. The molecule has 0 saturated carbocycles. The van der Waals surface area contributed by atoms with Gasteiger partial charge in [0.25, 0.3) is 0 Å². The Balaban J connectivity index is 2.26. The standard InChI is InChI=1S/C8H13NO3/c1-11-7-12-8(10)9-5-3-2-4-6-9/h2-3H,4-7H2,1H3. The van der Waals surface area contributed by atoms with E-state index in [0.29, 0.717) is 6.54 Å². The van der Waals surface area contributed by atoms with Crippen molar-refractivity contribution in [2.45, 2.75) is 6.42 Å². The van der Waals surface area contributed by atoms with Gasteiger partial charge in [-0.05, 0) is 6.42 Å². The molecule has 0 atom stereocenters. The minimum absolute atomic E-state index is 0.0268. The van der Waals surface area contributed by atoms with Gasteiger partial charge in [-0.15, -0.1) is 0 Å². The maximum Gasteiger partial charge on any atom is 0.412 e. The predicted octanol–water partition coefficient (Wildman–Crippen LogP) is 0.989. The smallest absolute Gasteiger partial charge is 0.412 e. The van der Waals surface area contributed by atoms with Crippen molar-refractivity contribution < 1.29 is 14.3 Å². The number of carbonyl (C=O) groups excluding carboxylic acids is 1. The van der Waals surface area contributed by atoms with E-state index in [1.165, 1.54) is 7.11 Å². The highest BCUT2D eigenvalue weighted by atomic mass is 16.7. The van der Waals surface area contributed by atoms with Crippen molar-refractivity contribution >= 4 is 6.09 Å². The van der Waals surface area contributed by atoms with E-state index in [4.69, 9.17) is 4.74 Å². The minimum Gasteiger partial charge on any atom is -0.422 e. The lowest BCUT2D eigenvalue weighted by atomic mass is 10.3. The zero-order valence-electron chi connectivity index (χ0n) is 7.16. The third-order valence-corrected chi connectivity index (χ3v) is 1.62. The van der Waals surface area contributed by atoms with Gasteiger partial charge in [0.1, 0.15) is 0 Å².